The first kappa shape index (κ1) is 19.8. The van der Waals surface area contributed by atoms with E-state index in [0.29, 0.717) is 22.5 Å². The second-order valence-corrected chi connectivity index (χ2v) is 11.9. The quantitative estimate of drug-likeness (QED) is 0.393. The van der Waals surface area contributed by atoms with Gasteiger partial charge in [-0.15, -0.1) is 0 Å². The Morgan fingerprint density at radius 2 is 2.00 bits per heavy atom. The molecule has 0 aromatic rings. The van der Waals surface area contributed by atoms with E-state index in [2.05, 4.69) is 33.1 Å². The Kier molecular flexibility index (Phi) is 5.44. The lowest BCUT2D eigenvalue weighted by molar-refractivity contribution is -0.0401. The van der Waals surface area contributed by atoms with Gasteiger partial charge in [0.15, 0.2) is 0 Å². The van der Waals surface area contributed by atoms with Gasteiger partial charge in [-0.05, 0) is 103 Å². The summed E-state index contributed by atoms with van der Waals surface area (Å²) >= 11 is -0.861. The van der Waals surface area contributed by atoms with Gasteiger partial charge in [0.25, 0.3) is 0 Å². The summed E-state index contributed by atoms with van der Waals surface area (Å²) in [5.74, 6) is 3.67. The molecule has 2 unspecified atom stereocenters. The van der Waals surface area contributed by atoms with Gasteiger partial charge < -0.3 is 4.55 Å². The summed E-state index contributed by atoms with van der Waals surface area (Å²) in [5, 5.41) is 0.134. The molecule has 0 aromatic carbocycles. The maximum Gasteiger partial charge on any atom is 0.137 e. The van der Waals surface area contributed by atoms with Gasteiger partial charge >= 0.3 is 0 Å². The van der Waals surface area contributed by atoms with Crippen LogP contribution < -0.4 is 0 Å². The zero-order valence-electron chi connectivity index (χ0n) is 17.4. The lowest BCUT2D eigenvalue weighted by Gasteiger charge is -2.58. The Morgan fingerprint density at radius 3 is 2.74 bits per heavy atom. The van der Waals surface area contributed by atoms with Crippen LogP contribution in [0, 0.1) is 34.5 Å². The van der Waals surface area contributed by atoms with Crippen LogP contribution in [0.3, 0.4) is 0 Å². The maximum absolute atomic E-state index is 12.9. The van der Waals surface area contributed by atoms with Crippen molar-refractivity contribution in [2.75, 3.05) is 5.75 Å². The summed E-state index contributed by atoms with van der Waals surface area (Å²) in [6.07, 6.45) is 18.6. The molecule has 0 aromatic heterocycles. The predicted molar refractivity (Wildman–Crippen MR) is 117 cm³/mol. The monoisotopic (exact) mass is 386 g/mol. The van der Waals surface area contributed by atoms with Crippen molar-refractivity contribution >= 4 is 11.2 Å². The molecule has 3 saturated carbocycles. The SMILES string of the molecule is C=CC[S+]([O-])C(C=C)[C@H]1CC[C@H]2[C@@H]3CC=C4CCCC[C@]4(C)[C@H]3CC[C@]12C. The highest BCUT2D eigenvalue weighted by atomic mass is 32.2. The molecule has 4 rings (SSSR count). The third kappa shape index (κ3) is 3.01. The lowest BCUT2D eigenvalue weighted by Crippen LogP contribution is -2.51. The van der Waals surface area contributed by atoms with E-state index in [0.717, 1.165) is 17.8 Å². The van der Waals surface area contributed by atoms with Gasteiger partial charge in [0, 0.05) is 5.92 Å². The lowest BCUT2D eigenvalue weighted by atomic mass is 9.47. The number of hydrogen-bond donors (Lipinski definition) is 0. The largest absolute Gasteiger partial charge is 0.616 e. The summed E-state index contributed by atoms with van der Waals surface area (Å²) in [4.78, 5) is 0. The van der Waals surface area contributed by atoms with Crippen LogP contribution in [0.4, 0.5) is 0 Å². The summed E-state index contributed by atoms with van der Waals surface area (Å²) < 4.78 is 12.9. The molecule has 0 N–H and O–H groups in total. The molecule has 3 fully saturated rings. The molecule has 4 aliphatic carbocycles. The molecule has 27 heavy (non-hydrogen) atoms. The first-order valence-electron chi connectivity index (χ1n) is 11.3. The summed E-state index contributed by atoms with van der Waals surface area (Å²) in [6.45, 7) is 13.0. The second kappa shape index (κ2) is 7.41. The molecule has 4 aliphatic rings. The number of fused-ring (bicyclic) bond motifs is 5. The Hall–Kier alpha value is -0.470. The van der Waals surface area contributed by atoms with Gasteiger partial charge in [0.05, 0.1) is 0 Å². The molecular weight excluding hydrogens is 348 g/mol. The van der Waals surface area contributed by atoms with Crippen LogP contribution in [0.2, 0.25) is 0 Å². The van der Waals surface area contributed by atoms with Crippen LogP contribution in [0.1, 0.15) is 71.6 Å². The van der Waals surface area contributed by atoms with Gasteiger partial charge in [-0.1, -0.05) is 45.1 Å². The minimum atomic E-state index is -0.861. The molecule has 0 amide bonds. The molecule has 0 radical (unpaired) electrons. The van der Waals surface area contributed by atoms with E-state index in [-0.39, 0.29) is 5.25 Å². The van der Waals surface area contributed by atoms with Crippen LogP contribution in [0.25, 0.3) is 0 Å². The van der Waals surface area contributed by atoms with E-state index < -0.39 is 11.2 Å². The highest BCUT2D eigenvalue weighted by Crippen LogP contribution is 2.67. The molecule has 150 valence electrons. The fourth-order valence-corrected chi connectivity index (χ4v) is 9.44. The third-order valence-electron chi connectivity index (χ3n) is 9.31. The number of allylic oxidation sites excluding steroid dienone is 2. The van der Waals surface area contributed by atoms with E-state index >= 15 is 0 Å². The molecule has 2 heteroatoms. The second-order valence-electron chi connectivity index (χ2n) is 10.2. The molecule has 0 spiro atoms. The minimum absolute atomic E-state index is 0.134. The van der Waals surface area contributed by atoms with Crippen molar-refractivity contribution in [3.8, 4) is 0 Å². The van der Waals surface area contributed by atoms with Gasteiger partial charge in [0.2, 0.25) is 0 Å². The summed E-state index contributed by atoms with van der Waals surface area (Å²) in [7, 11) is 0. The Morgan fingerprint density at radius 1 is 1.19 bits per heavy atom. The van der Waals surface area contributed by atoms with Crippen molar-refractivity contribution in [1.29, 1.82) is 0 Å². The Labute approximate surface area is 170 Å². The first-order valence-corrected chi connectivity index (χ1v) is 12.6. The maximum atomic E-state index is 12.9. The van der Waals surface area contributed by atoms with Crippen molar-refractivity contribution in [2.45, 2.75) is 76.9 Å². The highest BCUT2D eigenvalue weighted by molar-refractivity contribution is 7.92. The van der Waals surface area contributed by atoms with Crippen molar-refractivity contribution in [2.24, 2.45) is 34.5 Å². The van der Waals surface area contributed by atoms with Crippen LogP contribution in [0.5, 0.6) is 0 Å². The van der Waals surface area contributed by atoms with E-state index in [1.807, 2.05) is 12.2 Å². The van der Waals surface area contributed by atoms with Crippen LogP contribution in [0.15, 0.2) is 37.0 Å². The topological polar surface area (TPSA) is 23.1 Å². The Bertz CT molecular complexity index is 624. The third-order valence-corrected chi connectivity index (χ3v) is 11.0. The van der Waals surface area contributed by atoms with Crippen LogP contribution >= 0.6 is 0 Å². The van der Waals surface area contributed by atoms with E-state index in [9.17, 15) is 4.55 Å². The fourth-order valence-electron chi connectivity index (χ4n) is 7.96. The summed E-state index contributed by atoms with van der Waals surface area (Å²) in [5.41, 5.74) is 2.61. The van der Waals surface area contributed by atoms with Crippen molar-refractivity contribution in [3.63, 3.8) is 0 Å². The van der Waals surface area contributed by atoms with E-state index in [1.54, 1.807) is 5.57 Å². The molecule has 1 nitrogen and oxygen atoms in total. The Balaban J connectivity index is 1.60. The van der Waals surface area contributed by atoms with Crippen molar-refractivity contribution < 1.29 is 4.55 Å². The van der Waals surface area contributed by atoms with Gasteiger partial charge in [-0.2, -0.15) is 0 Å². The van der Waals surface area contributed by atoms with Crippen molar-refractivity contribution in [3.05, 3.63) is 37.0 Å². The minimum Gasteiger partial charge on any atom is -0.616 e. The molecule has 0 bridgehead atoms. The molecule has 0 heterocycles. The number of rotatable bonds is 5. The molecular formula is C25H38OS. The van der Waals surface area contributed by atoms with Gasteiger partial charge in [-0.25, -0.2) is 0 Å². The average molecular weight is 387 g/mol. The molecule has 0 saturated heterocycles. The standard InChI is InChI=1S/C25H38OS/c1-5-17-27(26)23(6-2)22-13-12-20-19-11-10-18-9-7-8-15-24(18,3)21(19)14-16-25(20,22)4/h5-6,10,19-23H,1-2,7-9,11-17H2,3-4H3/t19-,20-,21-,22+,23?,24-,25-,27?/m0/s1. The normalized spacial score (nSPS) is 45.7. The van der Waals surface area contributed by atoms with Gasteiger partial charge in [-0.3, -0.25) is 0 Å². The fraction of sp³-hybridized carbons (Fsp3) is 0.760. The van der Waals surface area contributed by atoms with E-state index in [1.165, 1.54) is 57.8 Å². The zero-order valence-corrected chi connectivity index (χ0v) is 18.2. The van der Waals surface area contributed by atoms with Crippen molar-refractivity contribution in [1.82, 2.24) is 0 Å². The first-order chi connectivity index (χ1) is 13.0. The average Bonchev–Trinajstić information content (AvgIpc) is 2.99. The van der Waals surface area contributed by atoms with Crippen LogP contribution in [-0.2, 0) is 11.2 Å². The van der Waals surface area contributed by atoms with Crippen LogP contribution in [-0.4, -0.2) is 15.6 Å². The van der Waals surface area contributed by atoms with E-state index in [4.69, 9.17) is 0 Å². The predicted octanol–water partition coefficient (Wildman–Crippen LogP) is 6.44. The number of hydrogen-bond acceptors (Lipinski definition) is 1. The molecule has 0 aliphatic heterocycles. The highest BCUT2D eigenvalue weighted by Gasteiger charge is 2.60. The zero-order chi connectivity index (χ0) is 19.2. The molecule has 8 atom stereocenters. The smallest absolute Gasteiger partial charge is 0.137 e. The summed E-state index contributed by atoms with van der Waals surface area (Å²) in [6, 6.07) is 0. The van der Waals surface area contributed by atoms with Gasteiger partial charge in [0.1, 0.15) is 11.0 Å².